The highest BCUT2D eigenvalue weighted by atomic mass is 16.5. The molecule has 0 bridgehead atoms. The predicted molar refractivity (Wildman–Crippen MR) is 96.6 cm³/mol. The fraction of sp³-hybridized carbons (Fsp3) is 0.632. The van der Waals surface area contributed by atoms with Crippen molar-refractivity contribution in [1.82, 2.24) is 5.32 Å². The van der Waals surface area contributed by atoms with Gasteiger partial charge in [-0.15, -0.1) is 0 Å². The Hall–Kier alpha value is -1.59. The molecule has 1 aromatic carbocycles. The fourth-order valence-electron chi connectivity index (χ4n) is 2.89. The van der Waals surface area contributed by atoms with Crippen LogP contribution >= 0.6 is 0 Å². The predicted octanol–water partition coefficient (Wildman–Crippen LogP) is 2.50. The van der Waals surface area contributed by atoms with Crippen LogP contribution < -0.4 is 15.0 Å². The normalized spacial score (nSPS) is 16.3. The molecule has 5 heteroatoms. The van der Waals surface area contributed by atoms with E-state index in [9.17, 15) is 9.90 Å². The summed E-state index contributed by atoms with van der Waals surface area (Å²) in [6.45, 7) is 10.9. The summed E-state index contributed by atoms with van der Waals surface area (Å²) in [5.74, 6) is 0.921. The van der Waals surface area contributed by atoms with Crippen LogP contribution in [0, 0.1) is 0 Å². The standard InChI is InChI=1S/C19H30N2O3/c1-13(2)21-16-7-6-8-17(15(16)9-10-18(21)23)24-12-14(22)11-20-19(3,4)5/h6-8,13-14,20,22H,9-12H2,1-5H3. The molecule has 134 valence electrons. The van der Waals surface area contributed by atoms with Crippen LogP contribution in [0.15, 0.2) is 18.2 Å². The van der Waals surface area contributed by atoms with E-state index < -0.39 is 6.10 Å². The maximum absolute atomic E-state index is 12.2. The van der Waals surface area contributed by atoms with Gasteiger partial charge in [-0.05, 0) is 53.2 Å². The highest BCUT2D eigenvalue weighted by Crippen LogP contribution is 2.35. The van der Waals surface area contributed by atoms with E-state index in [2.05, 4.69) is 26.1 Å². The van der Waals surface area contributed by atoms with E-state index in [0.717, 1.165) is 17.0 Å². The van der Waals surface area contributed by atoms with E-state index in [-0.39, 0.29) is 24.1 Å². The number of amides is 1. The number of nitrogens with zero attached hydrogens (tertiary/aromatic N) is 1. The van der Waals surface area contributed by atoms with Gasteiger partial charge in [0.25, 0.3) is 0 Å². The molecule has 1 heterocycles. The molecule has 2 rings (SSSR count). The van der Waals surface area contributed by atoms with Gasteiger partial charge < -0.3 is 20.1 Å². The molecule has 1 aromatic rings. The molecule has 0 saturated heterocycles. The molecule has 1 atom stereocenters. The van der Waals surface area contributed by atoms with Crippen molar-refractivity contribution < 1.29 is 14.6 Å². The lowest BCUT2D eigenvalue weighted by atomic mass is 9.99. The van der Waals surface area contributed by atoms with Gasteiger partial charge >= 0.3 is 0 Å². The van der Waals surface area contributed by atoms with Crippen LogP contribution in [0.5, 0.6) is 5.75 Å². The summed E-state index contributed by atoms with van der Waals surface area (Å²) in [6.07, 6.45) is 0.607. The first-order chi connectivity index (χ1) is 11.2. The van der Waals surface area contributed by atoms with Gasteiger partial charge in [-0.2, -0.15) is 0 Å². The lowest BCUT2D eigenvalue weighted by molar-refractivity contribution is -0.119. The molecule has 0 spiro atoms. The van der Waals surface area contributed by atoms with Crippen molar-refractivity contribution in [1.29, 1.82) is 0 Å². The third-order valence-electron chi connectivity index (χ3n) is 4.04. The largest absolute Gasteiger partial charge is 0.490 e. The van der Waals surface area contributed by atoms with Crippen molar-refractivity contribution in [2.24, 2.45) is 0 Å². The minimum absolute atomic E-state index is 0.0367. The Labute approximate surface area is 145 Å². The Bertz CT molecular complexity index is 578. The van der Waals surface area contributed by atoms with Crippen molar-refractivity contribution in [3.8, 4) is 5.75 Å². The Morgan fingerprint density at radius 2 is 2.00 bits per heavy atom. The van der Waals surface area contributed by atoms with E-state index >= 15 is 0 Å². The number of benzene rings is 1. The van der Waals surface area contributed by atoms with Gasteiger partial charge in [-0.25, -0.2) is 0 Å². The lowest BCUT2D eigenvalue weighted by Crippen LogP contribution is -2.42. The van der Waals surface area contributed by atoms with E-state index in [4.69, 9.17) is 4.74 Å². The summed E-state index contributed by atoms with van der Waals surface area (Å²) in [5.41, 5.74) is 1.95. The highest BCUT2D eigenvalue weighted by Gasteiger charge is 2.28. The second-order valence-corrected chi connectivity index (χ2v) is 7.71. The average molecular weight is 334 g/mol. The quantitative estimate of drug-likeness (QED) is 0.839. The number of fused-ring (bicyclic) bond motifs is 1. The number of aliphatic hydroxyl groups excluding tert-OH is 1. The van der Waals surface area contributed by atoms with E-state index in [1.165, 1.54) is 0 Å². The molecule has 1 unspecified atom stereocenters. The summed E-state index contributed by atoms with van der Waals surface area (Å²) in [5, 5.41) is 13.4. The number of carbonyl (C=O) groups is 1. The number of aliphatic hydroxyl groups is 1. The highest BCUT2D eigenvalue weighted by molar-refractivity contribution is 5.97. The lowest BCUT2D eigenvalue weighted by Gasteiger charge is -2.33. The summed E-state index contributed by atoms with van der Waals surface area (Å²) in [4.78, 5) is 14.0. The molecular formula is C19H30N2O3. The van der Waals surface area contributed by atoms with E-state index in [1.807, 2.05) is 36.9 Å². The number of anilines is 1. The Morgan fingerprint density at radius 3 is 2.62 bits per heavy atom. The first kappa shape index (κ1) is 18.7. The van der Waals surface area contributed by atoms with Gasteiger partial charge in [0, 0.05) is 30.1 Å². The minimum Gasteiger partial charge on any atom is -0.490 e. The average Bonchev–Trinajstić information content (AvgIpc) is 2.49. The van der Waals surface area contributed by atoms with Crippen LogP contribution in [0.3, 0.4) is 0 Å². The molecule has 1 aliphatic rings. The van der Waals surface area contributed by atoms with Gasteiger partial charge in [0.2, 0.25) is 5.91 Å². The van der Waals surface area contributed by atoms with E-state index in [0.29, 0.717) is 19.4 Å². The second-order valence-electron chi connectivity index (χ2n) is 7.71. The van der Waals surface area contributed by atoms with Crippen LogP contribution in [0.1, 0.15) is 46.6 Å². The van der Waals surface area contributed by atoms with Crippen molar-refractivity contribution in [2.75, 3.05) is 18.1 Å². The van der Waals surface area contributed by atoms with Crippen molar-refractivity contribution >= 4 is 11.6 Å². The molecule has 1 amide bonds. The third kappa shape index (κ3) is 4.71. The fourth-order valence-corrected chi connectivity index (χ4v) is 2.89. The third-order valence-corrected chi connectivity index (χ3v) is 4.04. The smallest absolute Gasteiger partial charge is 0.227 e. The Kier molecular flexibility index (Phi) is 5.88. The molecule has 1 aliphatic heterocycles. The van der Waals surface area contributed by atoms with Crippen LogP contribution in [0.4, 0.5) is 5.69 Å². The second kappa shape index (κ2) is 7.53. The molecule has 24 heavy (non-hydrogen) atoms. The van der Waals surface area contributed by atoms with Crippen LogP contribution in [0.2, 0.25) is 0 Å². The van der Waals surface area contributed by atoms with E-state index in [1.54, 1.807) is 0 Å². The van der Waals surface area contributed by atoms with Gasteiger partial charge in [0.15, 0.2) is 0 Å². The first-order valence-corrected chi connectivity index (χ1v) is 8.69. The zero-order valence-corrected chi connectivity index (χ0v) is 15.4. The van der Waals surface area contributed by atoms with Gasteiger partial charge in [0.05, 0.1) is 5.69 Å². The number of ether oxygens (including phenoxy) is 1. The number of hydrogen-bond donors (Lipinski definition) is 2. The molecule has 5 nitrogen and oxygen atoms in total. The van der Waals surface area contributed by atoms with Crippen molar-refractivity contribution in [3.05, 3.63) is 23.8 Å². The van der Waals surface area contributed by atoms with Crippen LogP contribution in [0.25, 0.3) is 0 Å². The van der Waals surface area contributed by atoms with Gasteiger partial charge in [-0.3, -0.25) is 4.79 Å². The zero-order valence-electron chi connectivity index (χ0n) is 15.4. The zero-order chi connectivity index (χ0) is 17.9. The summed E-state index contributed by atoms with van der Waals surface area (Å²) in [6, 6.07) is 5.91. The number of hydrogen-bond acceptors (Lipinski definition) is 4. The van der Waals surface area contributed by atoms with Crippen LogP contribution in [-0.2, 0) is 11.2 Å². The molecule has 0 saturated carbocycles. The number of nitrogens with one attached hydrogen (secondary N) is 1. The topological polar surface area (TPSA) is 61.8 Å². The summed E-state index contributed by atoms with van der Waals surface area (Å²) in [7, 11) is 0. The summed E-state index contributed by atoms with van der Waals surface area (Å²) >= 11 is 0. The number of rotatable bonds is 6. The number of β-amino-alcohol motifs (C(OH)–C–C–N with tert-alkyl or cyclic N) is 1. The monoisotopic (exact) mass is 334 g/mol. The SMILES string of the molecule is CC(C)N1C(=O)CCc2c(OCC(O)CNC(C)(C)C)cccc21. The molecule has 2 N–H and O–H groups in total. The van der Waals surface area contributed by atoms with Crippen molar-refractivity contribution in [3.63, 3.8) is 0 Å². The molecule has 0 radical (unpaired) electrons. The van der Waals surface area contributed by atoms with Gasteiger partial charge in [-0.1, -0.05) is 6.07 Å². The Morgan fingerprint density at radius 1 is 1.29 bits per heavy atom. The summed E-state index contributed by atoms with van der Waals surface area (Å²) < 4.78 is 5.87. The maximum Gasteiger partial charge on any atom is 0.227 e. The van der Waals surface area contributed by atoms with Gasteiger partial charge in [0.1, 0.15) is 18.5 Å². The molecular weight excluding hydrogens is 304 g/mol. The number of carbonyl (C=O) groups excluding carboxylic acids is 1. The molecule has 0 aromatic heterocycles. The van der Waals surface area contributed by atoms with Crippen LogP contribution in [-0.4, -0.2) is 41.9 Å². The molecule has 0 aliphatic carbocycles. The van der Waals surface area contributed by atoms with Crippen molar-refractivity contribution in [2.45, 2.75) is 65.1 Å². The Balaban J connectivity index is 2.06. The maximum atomic E-state index is 12.2. The first-order valence-electron chi connectivity index (χ1n) is 8.69. The minimum atomic E-state index is -0.577. The molecule has 0 fully saturated rings.